The first-order valence-electron chi connectivity index (χ1n) is 10.6. The highest BCUT2D eigenvalue weighted by Gasteiger charge is 2.35. The van der Waals surface area contributed by atoms with Gasteiger partial charge < -0.3 is 15.7 Å². The molecule has 1 aliphatic rings. The third-order valence-electron chi connectivity index (χ3n) is 6.24. The Morgan fingerprint density at radius 2 is 1.94 bits per heavy atom. The second kappa shape index (κ2) is 9.31. The average Bonchev–Trinajstić information content (AvgIpc) is 3.20. The van der Waals surface area contributed by atoms with Gasteiger partial charge in [0.15, 0.2) is 5.82 Å². The Morgan fingerprint density at radius 1 is 1.19 bits per heavy atom. The van der Waals surface area contributed by atoms with Gasteiger partial charge in [-0.15, -0.1) is 5.10 Å². The quantitative estimate of drug-likeness (QED) is 0.563. The van der Waals surface area contributed by atoms with E-state index in [1.807, 2.05) is 32.3 Å². The van der Waals surface area contributed by atoms with Crippen molar-refractivity contribution in [3.63, 3.8) is 0 Å². The van der Waals surface area contributed by atoms with Gasteiger partial charge in [-0.3, -0.25) is 4.68 Å². The Morgan fingerprint density at radius 3 is 2.56 bits per heavy atom. The second-order valence-corrected chi connectivity index (χ2v) is 9.22. The smallest absolute Gasteiger partial charge is 0.153 e. The van der Waals surface area contributed by atoms with Crippen LogP contribution < -0.4 is 10.6 Å². The van der Waals surface area contributed by atoms with Crippen LogP contribution in [0, 0.1) is 12.3 Å². The van der Waals surface area contributed by atoms with Crippen molar-refractivity contribution < 1.29 is 5.11 Å². The number of nitrogens with zero attached hydrogens (tertiary/aromatic N) is 6. The van der Waals surface area contributed by atoms with E-state index in [9.17, 15) is 5.11 Å². The first-order valence-corrected chi connectivity index (χ1v) is 11.3. The topological polar surface area (TPSA) is 106 Å². The largest absolute Gasteiger partial charge is 0.390 e. The lowest BCUT2D eigenvalue weighted by atomic mass is 9.75. The molecule has 1 aromatic carbocycles. The Bertz CT molecular complexity index is 1110. The zero-order chi connectivity index (χ0) is 22.9. The lowest BCUT2D eigenvalue weighted by Crippen LogP contribution is -2.46. The van der Waals surface area contributed by atoms with Gasteiger partial charge in [-0.05, 0) is 37.8 Å². The number of hydrogen-bond acceptors (Lipinski definition) is 7. The summed E-state index contributed by atoms with van der Waals surface area (Å²) in [5.74, 6) is 0.706. The zero-order valence-electron chi connectivity index (χ0n) is 18.2. The number of aliphatic hydroxyl groups is 1. The van der Waals surface area contributed by atoms with Gasteiger partial charge in [0.05, 0.1) is 33.7 Å². The number of benzene rings is 1. The van der Waals surface area contributed by atoms with Crippen LogP contribution in [-0.2, 0) is 20.1 Å². The number of anilines is 1. The molecule has 32 heavy (non-hydrogen) atoms. The van der Waals surface area contributed by atoms with Gasteiger partial charge in [-0.25, -0.2) is 9.97 Å². The average molecular weight is 476 g/mol. The lowest BCUT2D eigenvalue weighted by molar-refractivity contribution is 0.222. The molecule has 0 spiro atoms. The van der Waals surface area contributed by atoms with E-state index in [1.165, 1.54) is 0 Å². The van der Waals surface area contributed by atoms with Crippen molar-refractivity contribution >= 4 is 29.0 Å². The van der Waals surface area contributed by atoms with E-state index in [1.54, 1.807) is 10.7 Å². The van der Waals surface area contributed by atoms with Crippen LogP contribution in [0.5, 0.6) is 0 Å². The molecule has 4 rings (SSSR count). The van der Waals surface area contributed by atoms with Crippen LogP contribution >= 0.6 is 23.2 Å². The predicted molar refractivity (Wildman–Crippen MR) is 126 cm³/mol. The summed E-state index contributed by atoms with van der Waals surface area (Å²) in [5, 5.41) is 19.2. The number of aliphatic hydroxyl groups excluding tert-OH is 1. The first-order chi connectivity index (χ1) is 15.4. The zero-order valence-corrected chi connectivity index (χ0v) is 19.7. The molecule has 10 heteroatoms. The molecule has 0 atom stereocenters. The minimum Gasteiger partial charge on any atom is -0.390 e. The fourth-order valence-electron chi connectivity index (χ4n) is 4.35. The first kappa shape index (κ1) is 22.9. The molecule has 2 aromatic heterocycles. The van der Waals surface area contributed by atoms with Crippen LogP contribution in [0.4, 0.5) is 5.82 Å². The maximum absolute atomic E-state index is 10.1. The third-order valence-corrected chi connectivity index (χ3v) is 7.06. The van der Waals surface area contributed by atoms with Gasteiger partial charge in [-0.2, -0.15) is 0 Å². The molecule has 1 aliphatic heterocycles. The summed E-state index contributed by atoms with van der Waals surface area (Å²) < 4.78 is 1.72. The standard InChI is InChI=1S/C22H27Cl2N7O/c1-14-20(16-4-3-5-17(23)19(16)24)27-18(12-32)21(26-14)31-8-6-22(13-25,7-9-31)10-15-11-30(2)29-28-15/h3-5,11,32H,6-10,12-13,25H2,1-2H3. The van der Waals surface area contributed by atoms with Gasteiger partial charge in [0, 0.05) is 38.3 Å². The van der Waals surface area contributed by atoms with Crippen LogP contribution in [0.15, 0.2) is 24.4 Å². The monoisotopic (exact) mass is 475 g/mol. The highest BCUT2D eigenvalue weighted by atomic mass is 35.5. The maximum atomic E-state index is 10.1. The Hall–Kier alpha value is -2.26. The van der Waals surface area contributed by atoms with Crippen LogP contribution in [-0.4, -0.2) is 49.7 Å². The molecule has 0 aliphatic carbocycles. The van der Waals surface area contributed by atoms with Gasteiger partial charge in [-0.1, -0.05) is 40.5 Å². The molecule has 170 valence electrons. The van der Waals surface area contributed by atoms with Crippen molar-refractivity contribution in [3.8, 4) is 11.3 Å². The SMILES string of the molecule is Cc1nc(N2CCC(CN)(Cc3cn(C)nn3)CC2)c(CO)nc1-c1cccc(Cl)c1Cl. The minimum atomic E-state index is -0.216. The Labute approximate surface area is 197 Å². The van der Waals surface area contributed by atoms with Gasteiger partial charge >= 0.3 is 0 Å². The van der Waals surface area contributed by atoms with E-state index in [4.69, 9.17) is 38.9 Å². The van der Waals surface area contributed by atoms with Gasteiger partial charge in [0.1, 0.15) is 5.69 Å². The van der Waals surface area contributed by atoms with E-state index in [0.29, 0.717) is 39.4 Å². The summed E-state index contributed by atoms with van der Waals surface area (Å²) in [6.45, 7) is 3.81. The number of hydrogen-bond donors (Lipinski definition) is 2. The van der Waals surface area contributed by atoms with Crippen LogP contribution in [0.3, 0.4) is 0 Å². The number of halogens is 2. The molecule has 1 fully saturated rings. The highest BCUT2D eigenvalue weighted by Crippen LogP contribution is 2.38. The van der Waals surface area contributed by atoms with Crippen LogP contribution in [0.2, 0.25) is 10.0 Å². The molecular formula is C22H27Cl2N7O. The summed E-state index contributed by atoms with van der Waals surface area (Å²) in [6, 6.07) is 5.41. The molecule has 3 N–H and O–H groups in total. The Kier molecular flexibility index (Phi) is 6.67. The third kappa shape index (κ3) is 4.45. The molecule has 0 unspecified atom stereocenters. The van der Waals surface area contributed by atoms with Crippen molar-refractivity contribution in [2.75, 3.05) is 24.5 Å². The summed E-state index contributed by atoms with van der Waals surface area (Å²) >= 11 is 12.6. The summed E-state index contributed by atoms with van der Waals surface area (Å²) in [6.07, 6.45) is 4.54. The van der Waals surface area contributed by atoms with E-state index in [-0.39, 0.29) is 12.0 Å². The van der Waals surface area contributed by atoms with Crippen molar-refractivity contribution in [3.05, 3.63) is 51.5 Å². The van der Waals surface area contributed by atoms with Crippen molar-refractivity contribution in [1.29, 1.82) is 0 Å². The molecule has 8 nitrogen and oxygen atoms in total. The van der Waals surface area contributed by atoms with Gasteiger partial charge in [0.2, 0.25) is 0 Å². The number of piperidine rings is 1. The number of rotatable bonds is 6. The van der Waals surface area contributed by atoms with Gasteiger partial charge in [0.25, 0.3) is 0 Å². The minimum absolute atomic E-state index is 0.0252. The number of aryl methyl sites for hydroxylation is 2. The molecule has 1 saturated heterocycles. The maximum Gasteiger partial charge on any atom is 0.153 e. The summed E-state index contributed by atoms with van der Waals surface area (Å²) in [7, 11) is 1.87. The molecule has 0 saturated carbocycles. The Balaban J connectivity index is 1.58. The van der Waals surface area contributed by atoms with Crippen LogP contribution in [0.1, 0.15) is 29.9 Å². The predicted octanol–water partition coefficient (Wildman–Crippen LogP) is 3.17. The number of nitrogens with two attached hydrogens (primary N) is 1. The van der Waals surface area contributed by atoms with E-state index in [0.717, 1.165) is 43.7 Å². The molecule has 0 radical (unpaired) electrons. The lowest BCUT2D eigenvalue weighted by Gasteiger charge is -2.41. The number of aromatic nitrogens is 5. The molecular weight excluding hydrogens is 449 g/mol. The van der Waals surface area contributed by atoms with E-state index >= 15 is 0 Å². The summed E-state index contributed by atoms with van der Waals surface area (Å²) in [5.41, 5.74) is 9.72. The normalized spacial score (nSPS) is 15.9. The van der Waals surface area contributed by atoms with Crippen molar-refractivity contribution in [2.24, 2.45) is 18.2 Å². The van der Waals surface area contributed by atoms with E-state index < -0.39 is 0 Å². The molecule has 0 amide bonds. The van der Waals surface area contributed by atoms with Crippen LogP contribution in [0.25, 0.3) is 11.3 Å². The second-order valence-electron chi connectivity index (χ2n) is 8.44. The molecule has 3 heterocycles. The molecule has 3 aromatic rings. The highest BCUT2D eigenvalue weighted by molar-refractivity contribution is 6.43. The fourth-order valence-corrected chi connectivity index (χ4v) is 4.74. The fraction of sp³-hybridized carbons (Fsp3) is 0.455. The van der Waals surface area contributed by atoms with Crippen molar-refractivity contribution in [2.45, 2.75) is 32.8 Å². The summed E-state index contributed by atoms with van der Waals surface area (Å²) in [4.78, 5) is 11.7. The van der Waals surface area contributed by atoms with E-state index in [2.05, 4.69) is 15.2 Å². The van der Waals surface area contributed by atoms with Crippen molar-refractivity contribution in [1.82, 2.24) is 25.0 Å². The molecule has 0 bridgehead atoms.